The number of amides is 1. The fourth-order valence-electron chi connectivity index (χ4n) is 3.13. The van der Waals surface area contributed by atoms with Gasteiger partial charge in [0, 0.05) is 11.7 Å². The highest BCUT2D eigenvalue weighted by molar-refractivity contribution is 5.96. The molecule has 2 atom stereocenters. The van der Waals surface area contributed by atoms with Gasteiger partial charge in [-0.1, -0.05) is 36.4 Å². The van der Waals surface area contributed by atoms with Gasteiger partial charge in [0.1, 0.15) is 0 Å². The Morgan fingerprint density at radius 3 is 2.57 bits per heavy atom. The van der Waals surface area contributed by atoms with E-state index in [2.05, 4.69) is 17.4 Å². The van der Waals surface area contributed by atoms with Crippen molar-refractivity contribution in [2.24, 2.45) is 5.73 Å². The van der Waals surface area contributed by atoms with Gasteiger partial charge in [-0.15, -0.1) is 12.4 Å². The molecule has 0 saturated heterocycles. The second-order valence-corrected chi connectivity index (χ2v) is 6.04. The van der Waals surface area contributed by atoms with Crippen molar-refractivity contribution in [3.63, 3.8) is 0 Å². The molecule has 0 saturated carbocycles. The van der Waals surface area contributed by atoms with Gasteiger partial charge in [0.25, 0.3) is 0 Å². The Kier molecular flexibility index (Phi) is 5.80. The lowest BCUT2D eigenvalue weighted by Gasteiger charge is -2.24. The second-order valence-electron chi connectivity index (χ2n) is 6.04. The molecule has 3 rings (SSSR count). The largest absolute Gasteiger partial charge is 0.326 e. The third-order valence-electron chi connectivity index (χ3n) is 4.39. The minimum Gasteiger partial charge on any atom is -0.326 e. The van der Waals surface area contributed by atoms with Gasteiger partial charge in [-0.25, -0.2) is 0 Å². The quantitative estimate of drug-likeness (QED) is 0.886. The Morgan fingerprint density at radius 2 is 1.87 bits per heavy atom. The first kappa shape index (κ1) is 17.5. The van der Waals surface area contributed by atoms with Crippen molar-refractivity contribution in [2.75, 3.05) is 5.32 Å². The smallest absolute Gasteiger partial charge is 0.231 e. The van der Waals surface area contributed by atoms with E-state index in [9.17, 15) is 4.79 Å². The predicted molar refractivity (Wildman–Crippen MR) is 97.0 cm³/mol. The molecule has 3 nitrogen and oxygen atoms in total. The Balaban J connectivity index is 0.00000192. The number of nitrogens with one attached hydrogen (secondary N) is 1. The molecule has 0 spiro atoms. The van der Waals surface area contributed by atoms with E-state index < -0.39 is 0 Å². The molecule has 0 fully saturated rings. The molecule has 2 aromatic carbocycles. The van der Waals surface area contributed by atoms with Crippen molar-refractivity contribution in [3.8, 4) is 0 Å². The van der Waals surface area contributed by atoms with Crippen LogP contribution in [0.3, 0.4) is 0 Å². The van der Waals surface area contributed by atoms with Gasteiger partial charge in [0.15, 0.2) is 0 Å². The molecular formula is C19H23ClN2O. The van der Waals surface area contributed by atoms with E-state index in [1.54, 1.807) is 0 Å². The minimum absolute atomic E-state index is 0. The SMILES string of the molecule is CC(N)c1ccc(NC(=O)C2CCCc3ccccc32)cc1.Cl. The van der Waals surface area contributed by atoms with Crippen LogP contribution in [0.5, 0.6) is 0 Å². The van der Waals surface area contributed by atoms with Gasteiger partial charge in [0.2, 0.25) is 5.91 Å². The average molecular weight is 331 g/mol. The minimum atomic E-state index is -0.0435. The number of carbonyl (C=O) groups excluding carboxylic acids is 1. The molecule has 122 valence electrons. The molecule has 0 heterocycles. The van der Waals surface area contributed by atoms with E-state index in [1.165, 1.54) is 11.1 Å². The van der Waals surface area contributed by atoms with Crippen LogP contribution in [0.2, 0.25) is 0 Å². The van der Waals surface area contributed by atoms with E-state index in [0.717, 1.165) is 30.5 Å². The first-order valence-electron chi connectivity index (χ1n) is 7.89. The number of nitrogens with two attached hydrogens (primary N) is 1. The van der Waals surface area contributed by atoms with E-state index in [4.69, 9.17) is 5.73 Å². The summed E-state index contributed by atoms with van der Waals surface area (Å²) in [6.45, 7) is 1.95. The number of rotatable bonds is 3. The third kappa shape index (κ3) is 3.92. The number of carbonyl (C=O) groups is 1. The van der Waals surface area contributed by atoms with Crippen molar-refractivity contribution < 1.29 is 4.79 Å². The maximum Gasteiger partial charge on any atom is 0.231 e. The summed E-state index contributed by atoms with van der Waals surface area (Å²) in [6.07, 6.45) is 3.06. The molecule has 0 radical (unpaired) electrons. The number of hydrogen-bond donors (Lipinski definition) is 2. The lowest BCUT2D eigenvalue weighted by Crippen LogP contribution is -2.24. The predicted octanol–water partition coefficient (Wildman–Crippen LogP) is 4.19. The summed E-state index contributed by atoms with van der Waals surface area (Å²) in [5, 5.41) is 3.04. The van der Waals surface area contributed by atoms with Gasteiger partial charge in [0.05, 0.1) is 5.92 Å². The molecule has 23 heavy (non-hydrogen) atoms. The second kappa shape index (κ2) is 7.62. The average Bonchev–Trinajstić information content (AvgIpc) is 2.54. The van der Waals surface area contributed by atoms with Gasteiger partial charge < -0.3 is 11.1 Å². The topological polar surface area (TPSA) is 55.1 Å². The van der Waals surface area contributed by atoms with Crippen molar-refractivity contribution >= 4 is 24.0 Å². The molecule has 1 aliphatic rings. The van der Waals surface area contributed by atoms with Crippen LogP contribution in [-0.4, -0.2) is 5.91 Å². The summed E-state index contributed by atoms with van der Waals surface area (Å²) in [7, 11) is 0. The molecule has 0 bridgehead atoms. The first-order valence-corrected chi connectivity index (χ1v) is 7.89. The van der Waals surface area contributed by atoms with Gasteiger partial charge >= 0.3 is 0 Å². The van der Waals surface area contributed by atoms with Crippen LogP contribution >= 0.6 is 12.4 Å². The van der Waals surface area contributed by atoms with Gasteiger partial charge in [-0.2, -0.15) is 0 Å². The number of hydrogen-bond acceptors (Lipinski definition) is 2. The highest BCUT2D eigenvalue weighted by Gasteiger charge is 2.26. The molecule has 1 amide bonds. The molecule has 2 aromatic rings. The zero-order chi connectivity index (χ0) is 15.5. The van der Waals surface area contributed by atoms with Gasteiger partial charge in [-0.05, 0) is 55.0 Å². The molecule has 3 N–H and O–H groups in total. The fourth-order valence-corrected chi connectivity index (χ4v) is 3.13. The summed E-state index contributed by atoms with van der Waals surface area (Å²) >= 11 is 0. The zero-order valence-electron chi connectivity index (χ0n) is 13.3. The molecule has 0 aromatic heterocycles. The van der Waals surface area contributed by atoms with Crippen LogP contribution in [0, 0.1) is 0 Å². The summed E-state index contributed by atoms with van der Waals surface area (Å²) in [5.41, 5.74) is 10.2. The summed E-state index contributed by atoms with van der Waals surface area (Å²) in [5.74, 6) is 0.0405. The highest BCUT2D eigenvalue weighted by atomic mass is 35.5. The van der Waals surface area contributed by atoms with Crippen LogP contribution < -0.4 is 11.1 Å². The van der Waals surface area contributed by atoms with Crippen LogP contribution in [0.25, 0.3) is 0 Å². The summed E-state index contributed by atoms with van der Waals surface area (Å²) in [6, 6.07) is 16.1. The molecule has 1 aliphatic carbocycles. The van der Waals surface area contributed by atoms with E-state index in [0.29, 0.717) is 0 Å². The van der Waals surface area contributed by atoms with Crippen LogP contribution in [0.4, 0.5) is 5.69 Å². The highest BCUT2D eigenvalue weighted by Crippen LogP contribution is 2.32. The molecular weight excluding hydrogens is 308 g/mol. The van der Waals surface area contributed by atoms with Crippen molar-refractivity contribution in [1.29, 1.82) is 0 Å². The molecule has 0 aliphatic heterocycles. The fraction of sp³-hybridized carbons (Fsp3) is 0.316. The normalized spacial score (nSPS) is 17.6. The standard InChI is InChI=1S/C19H22N2O.ClH/c1-13(20)14-9-11-16(12-10-14)21-19(22)18-8-4-6-15-5-2-3-7-17(15)18;/h2-3,5,7,9-13,18H,4,6,8,20H2,1H3,(H,21,22);1H. The number of anilines is 1. The Bertz CT molecular complexity index is 667. The Labute approximate surface area is 143 Å². The summed E-state index contributed by atoms with van der Waals surface area (Å²) < 4.78 is 0. The monoisotopic (exact) mass is 330 g/mol. The van der Waals surface area contributed by atoms with E-state index in [1.807, 2.05) is 43.3 Å². The molecule has 2 unspecified atom stereocenters. The zero-order valence-corrected chi connectivity index (χ0v) is 14.1. The van der Waals surface area contributed by atoms with Crippen LogP contribution in [0.1, 0.15) is 48.4 Å². The van der Waals surface area contributed by atoms with Crippen molar-refractivity contribution in [1.82, 2.24) is 0 Å². The van der Waals surface area contributed by atoms with Crippen molar-refractivity contribution in [2.45, 2.75) is 38.1 Å². The number of halogens is 1. The first-order chi connectivity index (χ1) is 10.6. The number of fused-ring (bicyclic) bond motifs is 1. The maximum atomic E-state index is 12.6. The molecule has 4 heteroatoms. The number of aryl methyl sites for hydroxylation is 1. The Morgan fingerprint density at radius 1 is 1.17 bits per heavy atom. The lowest BCUT2D eigenvalue weighted by molar-refractivity contribution is -0.117. The van der Waals surface area contributed by atoms with Gasteiger partial charge in [-0.3, -0.25) is 4.79 Å². The number of benzene rings is 2. The van der Waals surface area contributed by atoms with Crippen LogP contribution in [0.15, 0.2) is 48.5 Å². The summed E-state index contributed by atoms with van der Waals surface area (Å²) in [4.78, 5) is 12.6. The van der Waals surface area contributed by atoms with Crippen LogP contribution in [-0.2, 0) is 11.2 Å². The van der Waals surface area contributed by atoms with E-state index in [-0.39, 0.29) is 30.3 Å². The van der Waals surface area contributed by atoms with Crippen molar-refractivity contribution in [3.05, 3.63) is 65.2 Å². The Hall–Kier alpha value is -1.84. The lowest BCUT2D eigenvalue weighted by atomic mass is 9.82. The maximum absolute atomic E-state index is 12.6. The van der Waals surface area contributed by atoms with E-state index >= 15 is 0 Å². The third-order valence-corrected chi connectivity index (χ3v) is 4.39.